The number of aromatic amines is 1. The molecular formula is C22H23N3O3S. The summed E-state index contributed by atoms with van der Waals surface area (Å²) < 4.78 is 28.3. The molecule has 1 saturated heterocycles. The first-order chi connectivity index (χ1) is 14.0. The van der Waals surface area contributed by atoms with E-state index in [0.717, 1.165) is 24.1 Å². The van der Waals surface area contributed by atoms with Crippen LogP contribution in [0.25, 0.3) is 11.3 Å². The van der Waals surface area contributed by atoms with E-state index in [1.165, 1.54) is 17.3 Å². The molecule has 0 amide bonds. The predicted octanol–water partition coefficient (Wildman–Crippen LogP) is 4.20. The Morgan fingerprint density at radius 1 is 1.10 bits per heavy atom. The number of hydrogen-bond acceptors (Lipinski definition) is 4. The Kier molecular flexibility index (Phi) is 5.34. The second-order valence-electron chi connectivity index (χ2n) is 7.26. The van der Waals surface area contributed by atoms with Gasteiger partial charge in [-0.15, -0.1) is 0 Å². The highest BCUT2D eigenvalue weighted by Crippen LogP contribution is 2.35. The zero-order valence-corrected chi connectivity index (χ0v) is 17.0. The number of nitrogens with zero attached hydrogens (tertiary/aromatic N) is 2. The van der Waals surface area contributed by atoms with Crippen LogP contribution in [0.2, 0.25) is 0 Å². The van der Waals surface area contributed by atoms with Crippen molar-refractivity contribution >= 4 is 15.8 Å². The maximum Gasteiger partial charge on any atom is 0.243 e. The molecule has 4 rings (SSSR count). The van der Waals surface area contributed by atoms with Crippen LogP contribution in [0.1, 0.15) is 48.4 Å². The van der Waals surface area contributed by atoms with E-state index in [-0.39, 0.29) is 16.7 Å². The lowest BCUT2D eigenvalue weighted by Gasteiger charge is -2.33. The van der Waals surface area contributed by atoms with Gasteiger partial charge in [-0.05, 0) is 37.5 Å². The maximum atomic E-state index is 13.4. The van der Waals surface area contributed by atoms with Gasteiger partial charge in [-0.3, -0.25) is 4.79 Å². The number of imidazole rings is 1. The van der Waals surface area contributed by atoms with E-state index in [0.29, 0.717) is 24.4 Å². The molecule has 1 fully saturated rings. The highest BCUT2D eigenvalue weighted by atomic mass is 32.2. The van der Waals surface area contributed by atoms with Gasteiger partial charge in [0.1, 0.15) is 5.82 Å². The standard InChI is InChI=1S/C22H23N3O3S/c1-16(26)18-10-7-11-19(14-18)29(27,28)25-13-6-5-12-21(25)22-23-15-20(24-22)17-8-3-2-4-9-17/h2-4,7-11,14-15,21H,5-6,12-13H2,1H3,(H,23,24)/t21-/m1/s1. The minimum absolute atomic E-state index is 0.145. The van der Waals surface area contributed by atoms with E-state index < -0.39 is 10.0 Å². The first-order valence-corrected chi connectivity index (χ1v) is 11.1. The van der Waals surface area contributed by atoms with Crippen LogP contribution in [-0.2, 0) is 10.0 Å². The van der Waals surface area contributed by atoms with Crippen LogP contribution in [0.4, 0.5) is 0 Å². The lowest BCUT2D eigenvalue weighted by molar-refractivity contribution is 0.101. The van der Waals surface area contributed by atoms with Crippen molar-refractivity contribution in [1.29, 1.82) is 0 Å². The molecule has 1 aromatic heterocycles. The molecule has 0 radical (unpaired) electrons. The Bertz CT molecular complexity index is 1120. The zero-order valence-electron chi connectivity index (χ0n) is 16.2. The van der Waals surface area contributed by atoms with Crippen molar-refractivity contribution in [2.75, 3.05) is 6.54 Å². The lowest BCUT2D eigenvalue weighted by Crippen LogP contribution is -2.39. The second-order valence-corrected chi connectivity index (χ2v) is 9.15. The molecule has 0 aliphatic carbocycles. The summed E-state index contributed by atoms with van der Waals surface area (Å²) in [4.78, 5) is 19.7. The molecule has 150 valence electrons. The van der Waals surface area contributed by atoms with Gasteiger partial charge >= 0.3 is 0 Å². The molecule has 3 aromatic rings. The van der Waals surface area contributed by atoms with Crippen molar-refractivity contribution in [3.63, 3.8) is 0 Å². The largest absolute Gasteiger partial charge is 0.341 e. The van der Waals surface area contributed by atoms with Gasteiger partial charge in [0.2, 0.25) is 10.0 Å². The molecule has 6 nitrogen and oxygen atoms in total. The van der Waals surface area contributed by atoms with Crippen molar-refractivity contribution in [3.05, 3.63) is 72.2 Å². The third-order valence-corrected chi connectivity index (χ3v) is 7.20. The third-order valence-electron chi connectivity index (χ3n) is 5.30. The minimum atomic E-state index is -3.75. The van der Waals surface area contributed by atoms with E-state index >= 15 is 0 Å². The molecule has 0 saturated carbocycles. The number of ketones is 1. The van der Waals surface area contributed by atoms with E-state index in [9.17, 15) is 13.2 Å². The van der Waals surface area contributed by atoms with Crippen molar-refractivity contribution in [1.82, 2.24) is 14.3 Å². The van der Waals surface area contributed by atoms with E-state index in [2.05, 4.69) is 9.97 Å². The Morgan fingerprint density at radius 2 is 1.90 bits per heavy atom. The SMILES string of the molecule is CC(=O)c1cccc(S(=O)(=O)N2CCCC[C@@H]2c2ncc(-c3ccccc3)[nH]2)c1. The van der Waals surface area contributed by atoms with E-state index in [4.69, 9.17) is 0 Å². The summed E-state index contributed by atoms with van der Waals surface area (Å²) in [5, 5.41) is 0. The highest BCUT2D eigenvalue weighted by molar-refractivity contribution is 7.89. The second kappa shape index (κ2) is 7.93. The van der Waals surface area contributed by atoms with Crippen molar-refractivity contribution in [3.8, 4) is 11.3 Å². The number of aromatic nitrogens is 2. The molecule has 7 heteroatoms. The Labute approximate surface area is 170 Å². The quantitative estimate of drug-likeness (QED) is 0.640. The fourth-order valence-electron chi connectivity index (χ4n) is 3.75. The van der Waals surface area contributed by atoms with E-state index in [1.54, 1.807) is 24.4 Å². The summed E-state index contributed by atoms with van der Waals surface area (Å²) in [6.45, 7) is 1.86. The Balaban J connectivity index is 1.68. The first-order valence-electron chi connectivity index (χ1n) is 9.70. The van der Waals surface area contributed by atoms with E-state index in [1.807, 2.05) is 30.3 Å². The van der Waals surface area contributed by atoms with Gasteiger partial charge in [0, 0.05) is 12.1 Å². The van der Waals surface area contributed by atoms with Crippen LogP contribution in [0.15, 0.2) is 65.7 Å². The van der Waals surface area contributed by atoms with Crippen LogP contribution >= 0.6 is 0 Å². The summed E-state index contributed by atoms with van der Waals surface area (Å²) >= 11 is 0. The number of piperidine rings is 1. The molecular weight excluding hydrogens is 386 g/mol. The van der Waals surface area contributed by atoms with Gasteiger partial charge in [-0.2, -0.15) is 4.31 Å². The van der Waals surface area contributed by atoms with Gasteiger partial charge in [0.05, 0.1) is 22.8 Å². The average Bonchev–Trinajstić information content (AvgIpc) is 3.25. The van der Waals surface area contributed by atoms with Gasteiger partial charge in [-0.25, -0.2) is 13.4 Å². The van der Waals surface area contributed by atoms with Crippen LogP contribution in [0, 0.1) is 0 Å². The molecule has 0 bridgehead atoms. The fourth-order valence-corrected chi connectivity index (χ4v) is 5.45. The van der Waals surface area contributed by atoms with Crippen LogP contribution in [0.3, 0.4) is 0 Å². The summed E-state index contributed by atoms with van der Waals surface area (Å²) in [6.07, 6.45) is 4.19. The topological polar surface area (TPSA) is 83.1 Å². The number of H-pyrrole nitrogens is 1. The van der Waals surface area contributed by atoms with Gasteiger partial charge in [-0.1, -0.05) is 48.9 Å². The summed E-state index contributed by atoms with van der Waals surface area (Å²) in [6, 6.07) is 15.7. The minimum Gasteiger partial charge on any atom is -0.341 e. The number of carbonyl (C=O) groups excluding carboxylic acids is 1. The molecule has 2 aromatic carbocycles. The highest BCUT2D eigenvalue weighted by Gasteiger charge is 2.36. The molecule has 1 aliphatic heterocycles. The van der Waals surface area contributed by atoms with Gasteiger partial charge < -0.3 is 4.98 Å². The Morgan fingerprint density at radius 3 is 2.66 bits per heavy atom. The van der Waals surface area contributed by atoms with Crippen LogP contribution < -0.4 is 0 Å². The number of benzene rings is 2. The van der Waals surface area contributed by atoms with Gasteiger partial charge in [0.15, 0.2) is 5.78 Å². The molecule has 1 aliphatic rings. The lowest BCUT2D eigenvalue weighted by atomic mass is 10.0. The van der Waals surface area contributed by atoms with Crippen molar-refractivity contribution in [2.45, 2.75) is 37.1 Å². The normalized spacial score (nSPS) is 17.9. The van der Waals surface area contributed by atoms with Gasteiger partial charge in [0.25, 0.3) is 0 Å². The molecule has 29 heavy (non-hydrogen) atoms. The summed E-state index contributed by atoms with van der Waals surface area (Å²) in [5.41, 5.74) is 2.26. The fraction of sp³-hybridized carbons (Fsp3) is 0.273. The molecule has 1 N–H and O–H groups in total. The molecule has 0 unspecified atom stereocenters. The number of Topliss-reactive ketones (excluding diaryl/α,β-unsaturated/α-hetero) is 1. The molecule has 2 heterocycles. The average molecular weight is 410 g/mol. The summed E-state index contributed by atoms with van der Waals surface area (Å²) in [7, 11) is -3.75. The molecule has 0 spiro atoms. The number of sulfonamides is 1. The van der Waals surface area contributed by atoms with Crippen molar-refractivity contribution in [2.24, 2.45) is 0 Å². The van der Waals surface area contributed by atoms with Crippen LogP contribution in [0.5, 0.6) is 0 Å². The monoisotopic (exact) mass is 409 g/mol. The smallest absolute Gasteiger partial charge is 0.243 e. The zero-order chi connectivity index (χ0) is 20.4. The van der Waals surface area contributed by atoms with Crippen molar-refractivity contribution < 1.29 is 13.2 Å². The number of rotatable bonds is 5. The maximum absolute atomic E-state index is 13.4. The Hall–Kier alpha value is -2.77. The van der Waals surface area contributed by atoms with Crippen LogP contribution in [-0.4, -0.2) is 35.0 Å². The number of hydrogen-bond donors (Lipinski definition) is 1. The number of carbonyl (C=O) groups is 1. The first kappa shape index (κ1) is 19.5. The third kappa shape index (κ3) is 3.88. The number of nitrogens with one attached hydrogen (secondary N) is 1. The summed E-state index contributed by atoms with van der Waals surface area (Å²) in [5.74, 6) is 0.491. The predicted molar refractivity (Wildman–Crippen MR) is 111 cm³/mol. The molecule has 1 atom stereocenters.